The molecule has 0 radical (unpaired) electrons. The maximum Gasteiger partial charge on any atom is 0.411 e. The van der Waals surface area contributed by atoms with Gasteiger partial charge in [0.2, 0.25) is 5.91 Å². The number of halogens is 1. The molecular formula is C15H15ClN4O3. The van der Waals surface area contributed by atoms with E-state index in [1.165, 1.54) is 13.2 Å². The molecule has 1 aromatic heterocycles. The molecule has 0 fully saturated rings. The highest BCUT2D eigenvalue weighted by Gasteiger charge is 2.11. The normalized spacial score (nSPS) is 10.0. The Balaban J connectivity index is 2.12. The third kappa shape index (κ3) is 4.33. The number of aromatic amines is 1. The van der Waals surface area contributed by atoms with Crippen molar-refractivity contribution >= 4 is 29.3 Å². The maximum absolute atomic E-state index is 11.1. The minimum atomic E-state index is -0.546. The standard InChI is InChI=1S/C15H15ClN4O3/c1-3-12(21)17-8-11-19-13(14(16)20-11)9-4-6-10(7-5-9)18-15(22)23-2/h3-7H,1,8H2,2H3,(H,17,21)(H,18,22)(H,19,20). The average molecular weight is 335 g/mol. The molecule has 2 rings (SSSR count). The summed E-state index contributed by atoms with van der Waals surface area (Å²) in [5.74, 6) is 0.231. The number of benzene rings is 1. The van der Waals surface area contributed by atoms with Gasteiger partial charge in [-0.25, -0.2) is 9.78 Å². The first kappa shape index (κ1) is 16.6. The van der Waals surface area contributed by atoms with E-state index in [0.717, 1.165) is 5.56 Å². The lowest BCUT2D eigenvalue weighted by Crippen LogP contribution is -2.20. The summed E-state index contributed by atoms with van der Waals surface area (Å²) in [7, 11) is 1.29. The molecule has 0 atom stereocenters. The van der Waals surface area contributed by atoms with Crippen molar-refractivity contribution in [1.82, 2.24) is 15.3 Å². The Morgan fingerprint density at radius 1 is 1.39 bits per heavy atom. The van der Waals surface area contributed by atoms with Gasteiger partial charge in [0.1, 0.15) is 16.7 Å². The van der Waals surface area contributed by atoms with E-state index in [1.807, 2.05) is 0 Å². The van der Waals surface area contributed by atoms with Gasteiger partial charge >= 0.3 is 6.09 Å². The molecule has 2 aromatic rings. The Morgan fingerprint density at radius 2 is 2.09 bits per heavy atom. The molecule has 0 bridgehead atoms. The smallest absolute Gasteiger partial charge is 0.411 e. The fraction of sp³-hybridized carbons (Fsp3) is 0.133. The number of aromatic nitrogens is 2. The van der Waals surface area contributed by atoms with Gasteiger partial charge in [0.25, 0.3) is 0 Å². The Bertz CT molecular complexity index is 725. The fourth-order valence-electron chi connectivity index (χ4n) is 1.80. The Kier molecular flexibility index (Phi) is 5.37. The van der Waals surface area contributed by atoms with Crippen LogP contribution in [0.25, 0.3) is 11.3 Å². The van der Waals surface area contributed by atoms with Crippen LogP contribution in [0.5, 0.6) is 0 Å². The molecule has 0 saturated carbocycles. The SMILES string of the molecule is C=CC(=O)NCc1nc(-c2ccc(NC(=O)OC)cc2)c(Cl)[nH]1. The zero-order valence-corrected chi connectivity index (χ0v) is 13.1. The van der Waals surface area contributed by atoms with Gasteiger partial charge in [0.05, 0.1) is 13.7 Å². The number of carbonyl (C=O) groups is 2. The van der Waals surface area contributed by atoms with Crippen molar-refractivity contribution in [2.75, 3.05) is 12.4 Å². The monoisotopic (exact) mass is 334 g/mol. The number of imidazole rings is 1. The second kappa shape index (κ2) is 7.46. The minimum Gasteiger partial charge on any atom is -0.453 e. The molecule has 7 nitrogen and oxygen atoms in total. The van der Waals surface area contributed by atoms with Gasteiger partial charge in [-0.05, 0) is 18.2 Å². The number of H-pyrrole nitrogens is 1. The van der Waals surface area contributed by atoms with Gasteiger partial charge < -0.3 is 15.0 Å². The molecule has 0 aliphatic carbocycles. The predicted molar refractivity (Wildman–Crippen MR) is 87.1 cm³/mol. The number of ether oxygens (including phenoxy) is 1. The van der Waals surface area contributed by atoms with Crippen LogP contribution >= 0.6 is 11.6 Å². The van der Waals surface area contributed by atoms with Crippen LogP contribution in [-0.4, -0.2) is 29.1 Å². The van der Waals surface area contributed by atoms with Gasteiger partial charge in [-0.1, -0.05) is 30.3 Å². The van der Waals surface area contributed by atoms with E-state index in [-0.39, 0.29) is 12.5 Å². The van der Waals surface area contributed by atoms with Gasteiger partial charge in [-0.2, -0.15) is 0 Å². The van der Waals surface area contributed by atoms with E-state index in [1.54, 1.807) is 24.3 Å². The molecule has 8 heteroatoms. The highest BCUT2D eigenvalue weighted by atomic mass is 35.5. The van der Waals surface area contributed by atoms with Crippen LogP contribution in [0, 0.1) is 0 Å². The van der Waals surface area contributed by atoms with E-state index in [9.17, 15) is 9.59 Å². The van der Waals surface area contributed by atoms with Crippen molar-refractivity contribution in [1.29, 1.82) is 0 Å². The summed E-state index contributed by atoms with van der Waals surface area (Å²) in [6.07, 6.45) is 0.634. The molecule has 2 amide bonds. The molecule has 0 aliphatic rings. The maximum atomic E-state index is 11.1. The minimum absolute atomic E-state index is 0.215. The average Bonchev–Trinajstić information content (AvgIpc) is 2.94. The molecular weight excluding hydrogens is 320 g/mol. The van der Waals surface area contributed by atoms with Crippen molar-refractivity contribution in [3.8, 4) is 11.3 Å². The number of methoxy groups -OCH3 is 1. The first-order valence-electron chi connectivity index (χ1n) is 6.63. The second-order valence-electron chi connectivity index (χ2n) is 4.46. The Morgan fingerprint density at radius 3 is 2.70 bits per heavy atom. The highest BCUT2D eigenvalue weighted by molar-refractivity contribution is 6.31. The largest absolute Gasteiger partial charge is 0.453 e. The van der Waals surface area contributed by atoms with Gasteiger partial charge in [-0.15, -0.1) is 0 Å². The van der Waals surface area contributed by atoms with Crippen molar-refractivity contribution in [2.24, 2.45) is 0 Å². The number of amides is 2. The van der Waals surface area contributed by atoms with Crippen molar-refractivity contribution in [3.63, 3.8) is 0 Å². The fourth-order valence-corrected chi connectivity index (χ4v) is 2.06. The summed E-state index contributed by atoms with van der Waals surface area (Å²) in [5, 5.41) is 5.52. The Labute approximate surface area is 137 Å². The molecule has 120 valence electrons. The van der Waals surface area contributed by atoms with E-state index in [2.05, 4.69) is 31.9 Å². The second-order valence-corrected chi connectivity index (χ2v) is 4.84. The van der Waals surface area contributed by atoms with Crippen LogP contribution < -0.4 is 10.6 Å². The van der Waals surface area contributed by atoms with Crippen LogP contribution in [0.15, 0.2) is 36.9 Å². The van der Waals surface area contributed by atoms with Crippen LogP contribution in [0.3, 0.4) is 0 Å². The first-order chi connectivity index (χ1) is 11.0. The van der Waals surface area contributed by atoms with E-state index >= 15 is 0 Å². The number of hydrogen-bond donors (Lipinski definition) is 3. The molecule has 1 heterocycles. The first-order valence-corrected chi connectivity index (χ1v) is 7.01. The summed E-state index contributed by atoms with van der Waals surface area (Å²) in [4.78, 5) is 29.5. The number of carbonyl (C=O) groups excluding carboxylic acids is 2. The number of rotatable bonds is 5. The third-order valence-corrected chi connectivity index (χ3v) is 3.19. The van der Waals surface area contributed by atoms with Gasteiger partial charge in [0, 0.05) is 11.3 Å². The molecule has 0 spiro atoms. The van der Waals surface area contributed by atoms with Crippen LogP contribution in [0.4, 0.5) is 10.5 Å². The summed E-state index contributed by atoms with van der Waals surface area (Å²) < 4.78 is 4.52. The summed E-state index contributed by atoms with van der Waals surface area (Å²) in [6.45, 7) is 3.59. The highest BCUT2D eigenvalue weighted by Crippen LogP contribution is 2.26. The molecule has 1 aromatic carbocycles. The Hall–Kier alpha value is -2.80. The summed E-state index contributed by atoms with van der Waals surface area (Å²) in [6, 6.07) is 6.94. The van der Waals surface area contributed by atoms with E-state index in [0.29, 0.717) is 22.4 Å². The van der Waals surface area contributed by atoms with E-state index in [4.69, 9.17) is 11.6 Å². The lowest BCUT2D eigenvalue weighted by atomic mass is 10.1. The third-order valence-electron chi connectivity index (χ3n) is 2.91. The number of hydrogen-bond acceptors (Lipinski definition) is 4. The lowest BCUT2D eigenvalue weighted by molar-refractivity contribution is -0.116. The summed E-state index contributed by atoms with van der Waals surface area (Å²) >= 11 is 6.13. The van der Waals surface area contributed by atoms with E-state index < -0.39 is 6.09 Å². The molecule has 0 saturated heterocycles. The number of nitrogens with zero attached hydrogens (tertiary/aromatic N) is 1. The van der Waals surface area contributed by atoms with Crippen LogP contribution in [-0.2, 0) is 16.1 Å². The summed E-state index contributed by atoms with van der Waals surface area (Å²) in [5.41, 5.74) is 1.91. The molecule has 3 N–H and O–H groups in total. The molecule has 0 unspecified atom stereocenters. The predicted octanol–water partition coefficient (Wildman–Crippen LogP) is 2.71. The molecule has 0 aliphatic heterocycles. The quantitative estimate of drug-likeness (QED) is 0.732. The zero-order valence-electron chi connectivity index (χ0n) is 12.4. The van der Waals surface area contributed by atoms with Crippen molar-refractivity contribution < 1.29 is 14.3 Å². The topological polar surface area (TPSA) is 96.1 Å². The number of anilines is 1. The van der Waals surface area contributed by atoms with Gasteiger partial charge in [-0.3, -0.25) is 10.1 Å². The van der Waals surface area contributed by atoms with Crippen LogP contribution in [0.1, 0.15) is 5.82 Å². The number of nitrogens with one attached hydrogen (secondary N) is 3. The van der Waals surface area contributed by atoms with Crippen molar-refractivity contribution in [2.45, 2.75) is 6.54 Å². The van der Waals surface area contributed by atoms with Crippen LogP contribution in [0.2, 0.25) is 5.15 Å². The lowest BCUT2D eigenvalue weighted by Gasteiger charge is -2.04. The van der Waals surface area contributed by atoms with Crippen molar-refractivity contribution in [3.05, 3.63) is 47.9 Å². The molecule has 23 heavy (non-hydrogen) atoms. The van der Waals surface area contributed by atoms with Gasteiger partial charge in [0.15, 0.2) is 0 Å². The zero-order chi connectivity index (χ0) is 16.8.